The van der Waals surface area contributed by atoms with Crippen molar-refractivity contribution >= 4 is 5.97 Å². The SMILES string of the molecule is CCC(C)C(O)C(C)/C=C(\C)[C@@H](O)[C@@H](C)/C=C(\C)[C@@H](O[C@@H]1O[C@@H](C)[C@H](O)[C@@H](O)[C@H]1O)[C@@H](C)/C=C(\C)[C@@H](O[C@@H]1O[C@@H](C)[C@H](O)[C@@H](O)[C@H]1O)[C@@H](C)/C=C(\C)C(=O)O. The van der Waals surface area contributed by atoms with Crippen LogP contribution in [-0.2, 0) is 23.7 Å². The molecule has 0 aromatic heterocycles. The fourth-order valence-corrected chi connectivity index (χ4v) is 7.37. The van der Waals surface area contributed by atoms with Crippen LogP contribution in [0.1, 0.15) is 89.5 Å². The van der Waals surface area contributed by atoms with Crippen LogP contribution >= 0.6 is 0 Å². The molecule has 0 aromatic rings. The van der Waals surface area contributed by atoms with Gasteiger partial charge in [-0.3, -0.25) is 0 Å². The number of rotatable bonds is 18. The number of carbonyl (C=O) groups is 1. The lowest BCUT2D eigenvalue weighted by Crippen LogP contribution is -2.58. The third kappa shape index (κ3) is 13.0. The minimum Gasteiger partial charge on any atom is -0.478 e. The number of hydrogen-bond donors (Lipinski definition) is 9. The lowest BCUT2D eigenvalue weighted by Gasteiger charge is -2.42. The zero-order valence-corrected chi connectivity index (χ0v) is 34.6. The van der Waals surface area contributed by atoms with Gasteiger partial charge in [0.2, 0.25) is 0 Å². The standard InChI is InChI=1S/C41H70O14/c1-13-18(2)29(42)19(3)14-20(4)30(43)21(5)15-22(6)37(54-40-35(48)33(46)31(44)27(11)52-40)23(7)16-24(8)38(25(9)17-26(10)39(50)51)55-41-36(49)34(47)32(45)28(12)53-41/h14-19,21,23,25,27-38,40-49H,13H2,1-12H3,(H,50,51)/b20-14+,22-15+,24-16+,26-17+/t18?,19?,21-,23-,25-,27-,28-,29?,30+,31-,32-,33+,34+,35+,36+,37+,38+,40-,41-/m0/s1. The molecule has 2 saturated heterocycles. The molecule has 0 aliphatic carbocycles. The Morgan fingerprint density at radius 1 is 0.600 bits per heavy atom. The Bertz CT molecular complexity index is 1350. The monoisotopic (exact) mass is 786 g/mol. The molecular formula is C41H70O14. The Hall–Kier alpha value is -2.05. The summed E-state index contributed by atoms with van der Waals surface area (Å²) in [7, 11) is 0. The smallest absolute Gasteiger partial charge is 0.330 e. The van der Waals surface area contributed by atoms with E-state index in [4.69, 9.17) is 18.9 Å². The van der Waals surface area contributed by atoms with E-state index in [1.807, 2.05) is 59.8 Å². The first kappa shape index (κ1) is 49.1. The van der Waals surface area contributed by atoms with Crippen molar-refractivity contribution < 1.29 is 69.7 Å². The van der Waals surface area contributed by atoms with E-state index in [2.05, 4.69) is 0 Å². The van der Waals surface area contributed by atoms with Gasteiger partial charge in [0, 0.05) is 29.2 Å². The molecule has 0 bridgehead atoms. The Labute approximate surface area is 326 Å². The topological polar surface area (TPSA) is 236 Å². The van der Waals surface area contributed by atoms with Gasteiger partial charge in [-0.1, -0.05) is 72.3 Å². The minimum absolute atomic E-state index is 0.0508. The zero-order valence-electron chi connectivity index (χ0n) is 34.6. The molecule has 0 radical (unpaired) electrons. The van der Waals surface area contributed by atoms with Crippen molar-refractivity contribution in [3.8, 4) is 0 Å². The highest BCUT2D eigenvalue weighted by atomic mass is 16.7. The van der Waals surface area contributed by atoms with Crippen molar-refractivity contribution in [1.29, 1.82) is 0 Å². The number of hydrogen-bond acceptors (Lipinski definition) is 13. The summed E-state index contributed by atoms with van der Waals surface area (Å²) < 4.78 is 24.2. The van der Waals surface area contributed by atoms with Gasteiger partial charge in [-0.25, -0.2) is 4.79 Å². The first-order chi connectivity index (χ1) is 25.4. The third-order valence-electron chi connectivity index (χ3n) is 11.2. The van der Waals surface area contributed by atoms with E-state index in [1.54, 1.807) is 27.7 Å². The fourth-order valence-electron chi connectivity index (χ4n) is 7.37. The van der Waals surface area contributed by atoms with Crippen molar-refractivity contribution in [2.45, 2.75) is 175 Å². The van der Waals surface area contributed by atoms with E-state index < -0.39 is 110 Å². The molecule has 318 valence electrons. The Morgan fingerprint density at radius 2 is 0.982 bits per heavy atom. The highest BCUT2D eigenvalue weighted by Crippen LogP contribution is 2.32. The summed E-state index contributed by atoms with van der Waals surface area (Å²) in [5.41, 5.74) is 1.93. The Morgan fingerprint density at radius 3 is 1.38 bits per heavy atom. The maximum atomic E-state index is 11.7. The molecule has 2 aliphatic rings. The van der Waals surface area contributed by atoms with Gasteiger partial charge in [0.05, 0.1) is 36.6 Å². The number of aliphatic carboxylic acids is 1. The van der Waals surface area contributed by atoms with E-state index in [1.165, 1.54) is 19.9 Å². The third-order valence-corrected chi connectivity index (χ3v) is 11.2. The van der Waals surface area contributed by atoms with Crippen molar-refractivity contribution in [3.05, 3.63) is 46.6 Å². The zero-order chi connectivity index (χ0) is 42.2. The van der Waals surface area contributed by atoms with E-state index >= 15 is 0 Å². The van der Waals surface area contributed by atoms with Gasteiger partial charge >= 0.3 is 5.97 Å². The van der Waals surface area contributed by atoms with Crippen molar-refractivity contribution in [2.24, 2.45) is 29.6 Å². The van der Waals surface area contributed by atoms with Crippen LogP contribution in [0.3, 0.4) is 0 Å². The Kier molecular flexibility index (Phi) is 19.3. The predicted octanol–water partition coefficient (Wildman–Crippen LogP) is 2.59. The largest absolute Gasteiger partial charge is 0.478 e. The molecule has 0 spiro atoms. The average Bonchev–Trinajstić information content (AvgIpc) is 3.13. The van der Waals surface area contributed by atoms with Crippen molar-refractivity contribution in [1.82, 2.24) is 0 Å². The van der Waals surface area contributed by atoms with Crippen LogP contribution in [0.5, 0.6) is 0 Å². The van der Waals surface area contributed by atoms with E-state index in [9.17, 15) is 50.8 Å². The minimum atomic E-state index is -1.61. The van der Waals surface area contributed by atoms with Crippen LogP contribution in [0.2, 0.25) is 0 Å². The van der Waals surface area contributed by atoms with Gasteiger partial charge in [0.1, 0.15) is 36.6 Å². The average molecular weight is 787 g/mol. The molecule has 0 amide bonds. The molecule has 14 heteroatoms. The van der Waals surface area contributed by atoms with Gasteiger partial charge in [0.15, 0.2) is 12.6 Å². The van der Waals surface area contributed by atoms with Gasteiger partial charge in [-0.05, 0) is 64.2 Å². The highest BCUT2D eigenvalue weighted by molar-refractivity contribution is 5.85. The molecular weight excluding hydrogens is 716 g/mol. The van der Waals surface area contributed by atoms with Crippen LogP contribution in [-0.4, -0.2) is 138 Å². The van der Waals surface area contributed by atoms with Crippen molar-refractivity contribution in [2.75, 3.05) is 0 Å². The second-order valence-corrected chi connectivity index (χ2v) is 16.1. The second kappa shape index (κ2) is 21.6. The van der Waals surface area contributed by atoms with Crippen LogP contribution in [0.25, 0.3) is 0 Å². The van der Waals surface area contributed by atoms with Crippen LogP contribution in [0, 0.1) is 29.6 Å². The lowest BCUT2D eigenvalue weighted by molar-refractivity contribution is -0.303. The normalized spacial score (nSPS) is 35.3. The van der Waals surface area contributed by atoms with Gasteiger partial charge in [0.25, 0.3) is 0 Å². The molecule has 19 atom stereocenters. The van der Waals surface area contributed by atoms with Crippen LogP contribution in [0.15, 0.2) is 46.6 Å². The summed E-state index contributed by atoms with van der Waals surface area (Å²) in [6.45, 7) is 21.1. The van der Waals surface area contributed by atoms with Gasteiger partial charge < -0.3 is 64.9 Å². The maximum absolute atomic E-state index is 11.7. The summed E-state index contributed by atoms with van der Waals surface area (Å²) in [5, 5.41) is 94.9. The molecule has 0 saturated carbocycles. The quantitative estimate of drug-likeness (QED) is 0.0718. The number of carboxylic acids is 1. The molecule has 55 heavy (non-hydrogen) atoms. The van der Waals surface area contributed by atoms with E-state index in [-0.39, 0.29) is 17.4 Å². The molecule has 0 aromatic carbocycles. The van der Waals surface area contributed by atoms with E-state index in [0.29, 0.717) is 16.7 Å². The summed E-state index contributed by atoms with van der Waals surface area (Å²) in [6.07, 6.45) is -8.92. The fraction of sp³-hybridized carbons (Fsp3) is 0.780. The van der Waals surface area contributed by atoms with Crippen LogP contribution in [0.4, 0.5) is 0 Å². The summed E-state index contributed by atoms with van der Waals surface area (Å²) in [6, 6.07) is 0. The summed E-state index contributed by atoms with van der Waals surface area (Å²) >= 11 is 0. The molecule has 2 fully saturated rings. The molecule has 2 rings (SSSR count). The first-order valence-electron chi connectivity index (χ1n) is 19.5. The second-order valence-electron chi connectivity index (χ2n) is 16.1. The highest BCUT2D eigenvalue weighted by Gasteiger charge is 2.45. The summed E-state index contributed by atoms with van der Waals surface area (Å²) in [4.78, 5) is 11.7. The number of aliphatic hydroxyl groups excluding tert-OH is 8. The lowest BCUT2D eigenvalue weighted by atomic mass is 9.86. The molecule has 2 heterocycles. The summed E-state index contributed by atoms with van der Waals surface area (Å²) in [5.74, 6) is -2.82. The first-order valence-corrected chi connectivity index (χ1v) is 19.5. The van der Waals surface area contributed by atoms with E-state index in [0.717, 1.165) is 6.42 Å². The maximum Gasteiger partial charge on any atom is 0.330 e. The Balaban J connectivity index is 2.58. The molecule has 3 unspecified atom stereocenters. The predicted molar refractivity (Wildman–Crippen MR) is 205 cm³/mol. The van der Waals surface area contributed by atoms with Crippen molar-refractivity contribution in [3.63, 3.8) is 0 Å². The van der Waals surface area contributed by atoms with Gasteiger partial charge in [-0.15, -0.1) is 0 Å². The van der Waals surface area contributed by atoms with Crippen LogP contribution < -0.4 is 0 Å². The molecule has 9 N–H and O–H groups in total. The number of ether oxygens (including phenoxy) is 4. The number of carboxylic acid groups (broad SMARTS) is 1. The van der Waals surface area contributed by atoms with Gasteiger partial charge in [-0.2, -0.15) is 0 Å². The molecule has 14 nitrogen and oxygen atoms in total. The molecule has 2 aliphatic heterocycles. The number of aliphatic hydroxyl groups is 8.